The van der Waals surface area contributed by atoms with Crippen molar-refractivity contribution < 1.29 is 18.0 Å². The van der Waals surface area contributed by atoms with E-state index in [0.717, 1.165) is 38.5 Å². The van der Waals surface area contributed by atoms with E-state index in [0.29, 0.717) is 31.0 Å². The van der Waals surface area contributed by atoms with Gasteiger partial charge in [-0.05, 0) is 43.2 Å². The Morgan fingerprint density at radius 1 is 1.00 bits per heavy atom. The largest absolute Gasteiger partial charge is 0.416 e. The molecule has 1 amide bonds. The summed E-state index contributed by atoms with van der Waals surface area (Å²) >= 11 is 0. The molecule has 0 radical (unpaired) electrons. The van der Waals surface area contributed by atoms with Gasteiger partial charge in [0, 0.05) is 57.2 Å². The monoisotopic (exact) mass is 418 g/mol. The number of amides is 1. The first kappa shape index (κ1) is 20.7. The van der Waals surface area contributed by atoms with Crippen molar-refractivity contribution in [3.8, 4) is 0 Å². The summed E-state index contributed by atoms with van der Waals surface area (Å²) in [6.07, 6.45) is -0.738. The molecule has 0 unspecified atom stereocenters. The third kappa shape index (κ3) is 4.59. The van der Waals surface area contributed by atoms with Crippen LogP contribution in [0.2, 0.25) is 0 Å². The van der Waals surface area contributed by atoms with Gasteiger partial charge in [0.05, 0.1) is 5.56 Å². The second kappa shape index (κ2) is 8.63. The number of hydrogen-bond acceptors (Lipinski definition) is 4. The number of aromatic nitrogens is 1. The molecule has 2 fully saturated rings. The van der Waals surface area contributed by atoms with Gasteiger partial charge in [0.25, 0.3) is 5.91 Å². The number of anilines is 1. The van der Waals surface area contributed by atoms with Crippen molar-refractivity contribution in [2.75, 3.05) is 44.2 Å². The Hall–Kier alpha value is -2.61. The minimum Gasteiger partial charge on any atom is -0.369 e. The molecule has 0 bridgehead atoms. The molecule has 2 saturated heterocycles. The van der Waals surface area contributed by atoms with Gasteiger partial charge in [-0.2, -0.15) is 13.2 Å². The second-order valence-corrected chi connectivity index (χ2v) is 7.83. The van der Waals surface area contributed by atoms with Crippen molar-refractivity contribution in [2.24, 2.45) is 0 Å². The van der Waals surface area contributed by atoms with E-state index in [9.17, 15) is 18.0 Å². The Morgan fingerprint density at radius 2 is 1.80 bits per heavy atom. The maximum atomic E-state index is 13.0. The van der Waals surface area contributed by atoms with Gasteiger partial charge in [-0.25, -0.2) is 0 Å². The molecule has 160 valence electrons. The Labute approximate surface area is 174 Å². The number of likely N-dealkylation sites (tertiary alicyclic amines) is 1. The lowest BCUT2D eigenvalue weighted by Gasteiger charge is -2.44. The first-order chi connectivity index (χ1) is 14.4. The van der Waals surface area contributed by atoms with E-state index in [1.807, 2.05) is 15.9 Å². The Bertz CT molecular complexity index is 866. The van der Waals surface area contributed by atoms with Gasteiger partial charge in [-0.1, -0.05) is 12.1 Å². The number of nitrogens with zero attached hydrogens (tertiary/aromatic N) is 4. The predicted octanol–water partition coefficient (Wildman–Crippen LogP) is 3.53. The van der Waals surface area contributed by atoms with Gasteiger partial charge >= 0.3 is 6.18 Å². The molecule has 4 rings (SSSR count). The number of piperazine rings is 1. The zero-order valence-electron chi connectivity index (χ0n) is 16.7. The average Bonchev–Trinajstić information content (AvgIpc) is 2.79. The van der Waals surface area contributed by atoms with Gasteiger partial charge < -0.3 is 9.80 Å². The average molecular weight is 418 g/mol. The molecule has 0 saturated carbocycles. The predicted molar refractivity (Wildman–Crippen MR) is 108 cm³/mol. The van der Waals surface area contributed by atoms with Gasteiger partial charge in [0.2, 0.25) is 0 Å². The molecule has 1 atom stereocenters. The third-order valence-electron chi connectivity index (χ3n) is 5.94. The molecule has 1 aromatic heterocycles. The minimum absolute atomic E-state index is 0.0390. The summed E-state index contributed by atoms with van der Waals surface area (Å²) in [7, 11) is 0. The molecular weight excluding hydrogens is 393 g/mol. The second-order valence-electron chi connectivity index (χ2n) is 7.83. The van der Waals surface area contributed by atoms with E-state index < -0.39 is 11.7 Å². The van der Waals surface area contributed by atoms with E-state index in [1.165, 1.54) is 12.1 Å². The van der Waals surface area contributed by atoms with Crippen LogP contribution in [0.4, 0.5) is 18.9 Å². The van der Waals surface area contributed by atoms with Crippen molar-refractivity contribution in [2.45, 2.75) is 25.1 Å². The van der Waals surface area contributed by atoms with Crippen LogP contribution in [-0.2, 0) is 6.18 Å². The summed E-state index contributed by atoms with van der Waals surface area (Å²) < 4.78 is 39.0. The van der Waals surface area contributed by atoms with Crippen LogP contribution >= 0.6 is 0 Å². The summed E-state index contributed by atoms with van der Waals surface area (Å²) in [6, 6.07) is 11.1. The molecule has 0 N–H and O–H groups in total. The highest BCUT2D eigenvalue weighted by atomic mass is 19.4. The molecule has 0 aliphatic carbocycles. The fourth-order valence-corrected chi connectivity index (χ4v) is 4.31. The van der Waals surface area contributed by atoms with E-state index in [-0.39, 0.29) is 11.9 Å². The third-order valence-corrected chi connectivity index (χ3v) is 5.94. The molecule has 8 heteroatoms. The van der Waals surface area contributed by atoms with Gasteiger partial charge in [-0.15, -0.1) is 0 Å². The van der Waals surface area contributed by atoms with E-state index in [2.05, 4.69) is 9.88 Å². The zero-order valence-corrected chi connectivity index (χ0v) is 16.7. The molecule has 3 heterocycles. The number of rotatable bonds is 3. The van der Waals surface area contributed by atoms with E-state index in [4.69, 9.17) is 0 Å². The zero-order chi connectivity index (χ0) is 21.1. The first-order valence-corrected chi connectivity index (χ1v) is 10.3. The summed E-state index contributed by atoms with van der Waals surface area (Å²) in [6.45, 7) is 4.28. The smallest absolute Gasteiger partial charge is 0.369 e. The lowest BCUT2D eigenvalue weighted by Crippen LogP contribution is -2.56. The van der Waals surface area contributed by atoms with Crippen LogP contribution in [0.25, 0.3) is 0 Å². The van der Waals surface area contributed by atoms with Crippen LogP contribution in [-0.4, -0.2) is 66.0 Å². The highest BCUT2D eigenvalue weighted by Crippen LogP contribution is 2.32. The van der Waals surface area contributed by atoms with Crippen molar-refractivity contribution in [3.63, 3.8) is 0 Å². The number of alkyl halides is 3. The van der Waals surface area contributed by atoms with Crippen molar-refractivity contribution in [1.82, 2.24) is 14.8 Å². The molecule has 0 spiro atoms. The SMILES string of the molecule is O=C(c1ccccn1)N1CCC[C@@H](N2CCN(c3cccc(C(F)(F)F)c3)CC2)C1. The lowest BCUT2D eigenvalue weighted by molar-refractivity contribution is -0.137. The number of carbonyl (C=O) groups is 1. The van der Waals surface area contributed by atoms with E-state index in [1.54, 1.807) is 24.4 Å². The molecule has 2 aromatic rings. The topological polar surface area (TPSA) is 39.7 Å². The maximum Gasteiger partial charge on any atom is 0.416 e. The van der Waals surface area contributed by atoms with Crippen molar-refractivity contribution in [3.05, 3.63) is 59.9 Å². The highest BCUT2D eigenvalue weighted by Gasteiger charge is 2.33. The molecular formula is C22H25F3N4O. The number of benzene rings is 1. The number of carbonyl (C=O) groups excluding carboxylic acids is 1. The lowest BCUT2D eigenvalue weighted by atomic mass is 10.0. The number of halogens is 3. The summed E-state index contributed by atoms with van der Waals surface area (Å²) in [5.74, 6) is -0.0390. The van der Waals surface area contributed by atoms with Gasteiger partial charge in [-0.3, -0.25) is 14.7 Å². The molecule has 2 aliphatic rings. The number of hydrogen-bond donors (Lipinski definition) is 0. The van der Waals surface area contributed by atoms with Crippen LogP contribution in [0.15, 0.2) is 48.7 Å². The van der Waals surface area contributed by atoms with Crippen LogP contribution in [0, 0.1) is 0 Å². The number of pyridine rings is 1. The standard InChI is InChI=1S/C22H25F3N4O/c23-22(24,25)17-5-3-6-18(15-17)27-11-13-28(14-12-27)19-7-4-10-29(16-19)21(30)20-8-1-2-9-26-20/h1-3,5-6,8-9,15,19H,4,7,10-14,16H2/t19-/m1/s1. The summed E-state index contributed by atoms with van der Waals surface area (Å²) in [5.41, 5.74) is 0.464. The van der Waals surface area contributed by atoms with Gasteiger partial charge in [0.15, 0.2) is 0 Å². The highest BCUT2D eigenvalue weighted by molar-refractivity contribution is 5.92. The van der Waals surface area contributed by atoms with Crippen molar-refractivity contribution >= 4 is 11.6 Å². The van der Waals surface area contributed by atoms with Crippen LogP contribution < -0.4 is 4.90 Å². The van der Waals surface area contributed by atoms with Crippen LogP contribution in [0.3, 0.4) is 0 Å². The normalized spacial score (nSPS) is 21.0. The number of piperidine rings is 1. The Morgan fingerprint density at radius 3 is 2.50 bits per heavy atom. The fourth-order valence-electron chi connectivity index (χ4n) is 4.31. The Balaban J connectivity index is 1.35. The summed E-state index contributed by atoms with van der Waals surface area (Å²) in [5, 5.41) is 0. The van der Waals surface area contributed by atoms with Crippen molar-refractivity contribution in [1.29, 1.82) is 0 Å². The molecule has 2 aliphatic heterocycles. The van der Waals surface area contributed by atoms with Crippen LogP contribution in [0.5, 0.6) is 0 Å². The molecule has 5 nitrogen and oxygen atoms in total. The van der Waals surface area contributed by atoms with Crippen LogP contribution in [0.1, 0.15) is 28.9 Å². The quantitative estimate of drug-likeness (QED) is 0.765. The minimum atomic E-state index is -4.33. The Kier molecular flexibility index (Phi) is 5.94. The van der Waals surface area contributed by atoms with Gasteiger partial charge in [0.1, 0.15) is 5.69 Å². The molecule has 1 aromatic carbocycles. The first-order valence-electron chi connectivity index (χ1n) is 10.3. The summed E-state index contributed by atoms with van der Waals surface area (Å²) in [4.78, 5) is 23.1. The molecule has 30 heavy (non-hydrogen) atoms. The maximum absolute atomic E-state index is 13.0. The van der Waals surface area contributed by atoms with E-state index >= 15 is 0 Å². The fraction of sp³-hybridized carbons (Fsp3) is 0.455.